The highest BCUT2D eigenvalue weighted by atomic mass is 32.2. The van der Waals surface area contributed by atoms with Gasteiger partial charge < -0.3 is 10.6 Å². The zero-order chi connectivity index (χ0) is 25.8. The van der Waals surface area contributed by atoms with Crippen LogP contribution in [0, 0.1) is 11.6 Å². The molecule has 0 saturated heterocycles. The molecule has 0 heterocycles. The van der Waals surface area contributed by atoms with Crippen LogP contribution in [-0.2, 0) is 16.2 Å². The summed E-state index contributed by atoms with van der Waals surface area (Å²) in [6.45, 7) is 0. The van der Waals surface area contributed by atoms with Gasteiger partial charge in [0, 0.05) is 23.3 Å². The minimum absolute atomic E-state index is 0.00316. The average Bonchev–Trinajstić information content (AvgIpc) is 2.75. The minimum Gasteiger partial charge on any atom is -0.353 e. The van der Waals surface area contributed by atoms with Gasteiger partial charge in [-0.2, -0.15) is 18.2 Å². The first-order valence-corrected chi connectivity index (χ1v) is 12.5. The molecule has 7 nitrogen and oxygen atoms in total. The first kappa shape index (κ1) is 26.5. The number of guanidine groups is 1. The molecular weight excluding hydrogens is 495 g/mol. The monoisotopic (exact) mass is 518 g/mol. The third-order valence-corrected chi connectivity index (χ3v) is 6.04. The lowest BCUT2D eigenvalue weighted by atomic mass is 9.92. The van der Waals surface area contributed by atoms with E-state index < -0.39 is 39.3 Å². The average molecular weight is 519 g/mol. The third kappa shape index (κ3) is 7.99. The van der Waals surface area contributed by atoms with Crippen LogP contribution in [0.5, 0.6) is 0 Å². The van der Waals surface area contributed by atoms with E-state index in [1.165, 1.54) is 12.1 Å². The summed E-state index contributed by atoms with van der Waals surface area (Å²) in [7, 11) is -3.37. The summed E-state index contributed by atoms with van der Waals surface area (Å²) in [5, 5.41) is 5.62. The van der Waals surface area contributed by atoms with Crippen LogP contribution in [0.25, 0.3) is 0 Å². The Morgan fingerprint density at radius 2 is 1.63 bits per heavy atom. The van der Waals surface area contributed by atoms with Crippen LogP contribution in [-0.4, -0.2) is 38.6 Å². The largest absolute Gasteiger partial charge is 0.416 e. The number of hydrogen-bond donors (Lipinski definition) is 3. The molecule has 1 fully saturated rings. The van der Waals surface area contributed by atoms with Gasteiger partial charge in [0.15, 0.2) is 11.6 Å². The highest BCUT2D eigenvalue weighted by molar-refractivity contribution is 7.88. The van der Waals surface area contributed by atoms with Crippen LogP contribution in [0.2, 0.25) is 0 Å². The maximum absolute atomic E-state index is 13.5. The van der Waals surface area contributed by atoms with Gasteiger partial charge in [-0.15, -0.1) is 0 Å². The highest BCUT2D eigenvalue weighted by Crippen LogP contribution is 2.30. The molecule has 2 aromatic carbocycles. The molecule has 1 aliphatic carbocycles. The number of nitrogens with zero attached hydrogens (tertiary/aromatic N) is 1. The molecule has 1 aliphatic rings. The van der Waals surface area contributed by atoms with Crippen molar-refractivity contribution in [2.24, 2.45) is 4.99 Å². The molecule has 3 rings (SSSR count). The van der Waals surface area contributed by atoms with Crippen molar-refractivity contribution in [3.63, 3.8) is 0 Å². The van der Waals surface area contributed by atoms with Crippen molar-refractivity contribution < 1.29 is 35.2 Å². The maximum atomic E-state index is 13.5. The van der Waals surface area contributed by atoms with Crippen LogP contribution in [0.3, 0.4) is 0 Å². The molecule has 3 N–H and O–H groups in total. The lowest BCUT2D eigenvalue weighted by Crippen LogP contribution is -2.45. The third-order valence-electron chi connectivity index (χ3n) is 5.28. The predicted molar refractivity (Wildman–Crippen MR) is 120 cm³/mol. The quantitative estimate of drug-likeness (QED) is 0.315. The number of amides is 1. The Labute approximate surface area is 198 Å². The standard InChI is InChI=1S/C22H23F5N4O3S/c1-35(33,34)31-16-8-6-15(7-9-16)28-21(29-17-4-2-3-14(12-17)22(25,26)27)30-20(32)13-5-10-18(23)19(24)11-13/h2-5,10-12,15-16,31H,6-9H2,1H3,(H2,28,29,30,32)/t15-,16-. The fraction of sp³-hybridized carbons (Fsp3) is 0.364. The highest BCUT2D eigenvalue weighted by Gasteiger charge is 2.30. The minimum atomic E-state index is -4.59. The first-order chi connectivity index (χ1) is 16.3. The second kappa shape index (κ2) is 10.7. The van der Waals surface area contributed by atoms with Gasteiger partial charge in [-0.25, -0.2) is 21.9 Å². The number of sulfonamides is 1. The first-order valence-electron chi connectivity index (χ1n) is 10.6. The summed E-state index contributed by atoms with van der Waals surface area (Å²) in [6.07, 6.45) is -1.59. The van der Waals surface area contributed by atoms with Gasteiger partial charge >= 0.3 is 6.18 Å². The molecule has 35 heavy (non-hydrogen) atoms. The van der Waals surface area contributed by atoms with Gasteiger partial charge in [0.2, 0.25) is 16.0 Å². The molecule has 1 saturated carbocycles. The number of carbonyl (C=O) groups excluding carboxylic acids is 1. The van der Waals surface area contributed by atoms with E-state index >= 15 is 0 Å². The lowest BCUT2D eigenvalue weighted by Gasteiger charge is -2.30. The summed E-state index contributed by atoms with van der Waals surface area (Å²) < 4.78 is 91.4. The number of aliphatic imine (C=N–C) groups is 1. The number of nitrogens with one attached hydrogen (secondary N) is 3. The van der Waals surface area contributed by atoms with Crippen molar-refractivity contribution in [2.45, 2.75) is 43.9 Å². The van der Waals surface area contributed by atoms with Crippen molar-refractivity contribution >= 4 is 27.6 Å². The van der Waals surface area contributed by atoms with E-state index in [0.29, 0.717) is 31.7 Å². The van der Waals surface area contributed by atoms with Crippen LogP contribution >= 0.6 is 0 Å². The van der Waals surface area contributed by atoms with E-state index in [9.17, 15) is 35.2 Å². The number of halogens is 5. The summed E-state index contributed by atoms with van der Waals surface area (Å²) in [5.74, 6) is -3.52. The normalized spacial score (nSPS) is 19.3. The van der Waals surface area contributed by atoms with E-state index in [1.54, 1.807) is 0 Å². The maximum Gasteiger partial charge on any atom is 0.416 e. The van der Waals surface area contributed by atoms with E-state index in [4.69, 9.17) is 0 Å². The van der Waals surface area contributed by atoms with Crippen LogP contribution in [0.15, 0.2) is 47.5 Å². The van der Waals surface area contributed by atoms with Crippen LogP contribution < -0.4 is 15.4 Å². The molecule has 0 bridgehead atoms. The van der Waals surface area contributed by atoms with Crippen molar-refractivity contribution in [2.75, 3.05) is 11.6 Å². The van der Waals surface area contributed by atoms with Gasteiger partial charge in [0.25, 0.3) is 5.91 Å². The Bertz CT molecular complexity index is 1210. The molecule has 0 aromatic heterocycles. The Kier molecular flexibility index (Phi) is 8.11. The molecule has 1 amide bonds. The topological polar surface area (TPSA) is 99.7 Å². The molecule has 0 unspecified atom stereocenters. The fourth-order valence-corrected chi connectivity index (χ4v) is 4.49. The molecular formula is C22H23F5N4O3S. The molecule has 2 aromatic rings. The SMILES string of the molecule is CS(=O)(=O)N[C@H]1CC[C@H](N/C(=N\C(=O)c2ccc(F)c(F)c2)Nc2cccc(C(F)(F)F)c2)CC1. The van der Waals surface area contributed by atoms with Gasteiger partial charge in [-0.05, 0) is 62.1 Å². The molecule has 0 radical (unpaired) electrons. The van der Waals surface area contributed by atoms with E-state index in [1.807, 2.05) is 0 Å². The zero-order valence-corrected chi connectivity index (χ0v) is 19.3. The Morgan fingerprint density at radius 3 is 2.23 bits per heavy atom. The molecule has 0 aliphatic heterocycles. The predicted octanol–water partition coefficient (Wildman–Crippen LogP) is 4.04. The van der Waals surface area contributed by atoms with Crippen molar-refractivity contribution in [3.05, 3.63) is 65.2 Å². The number of carbonyl (C=O) groups is 1. The Morgan fingerprint density at radius 1 is 0.971 bits per heavy atom. The number of anilines is 1. The Hall–Kier alpha value is -3.06. The number of alkyl halides is 3. The van der Waals surface area contributed by atoms with Crippen LogP contribution in [0.4, 0.5) is 27.6 Å². The van der Waals surface area contributed by atoms with Gasteiger partial charge in [0.05, 0.1) is 11.8 Å². The molecule has 0 spiro atoms. The number of hydrogen-bond acceptors (Lipinski definition) is 3. The van der Waals surface area contributed by atoms with Crippen molar-refractivity contribution in [3.8, 4) is 0 Å². The summed E-state index contributed by atoms with van der Waals surface area (Å²) >= 11 is 0. The van der Waals surface area contributed by atoms with Gasteiger partial charge in [-0.1, -0.05) is 6.07 Å². The Balaban J connectivity index is 1.81. The summed E-state index contributed by atoms with van der Waals surface area (Å²) in [4.78, 5) is 16.4. The fourth-order valence-electron chi connectivity index (χ4n) is 3.65. The van der Waals surface area contributed by atoms with Gasteiger partial charge in [0.1, 0.15) is 0 Å². The number of rotatable bonds is 5. The van der Waals surface area contributed by atoms with E-state index in [-0.39, 0.29) is 29.3 Å². The van der Waals surface area contributed by atoms with E-state index in [2.05, 4.69) is 20.3 Å². The zero-order valence-electron chi connectivity index (χ0n) is 18.5. The molecule has 190 valence electrons. The number of benzene rings is 2. The molecule has 0 atom stereocenters. The molecule has 13 heteroatoms. The second-order valence-corrected chi connectivity index (χ2v) is 9.96. The van der Waals surface area contributed by atoms with E-state index in [0.717, 1.165) is 30.5 Å². The van der Waals surface area contributed by atoms with Crippen LogP contribution in [0.1, 0.15) is 41.6 Å². The van der Waals surface area contributed by atoms with Gasteiger partial charge in [-0.3, -0.25) is 4.79 Å². The lowest BCUT2D eigenvalue weighted by molar-refractivity contribution is -0.137. The van der Waals surface area contributed by atoms with Crippen molar-refractivity contribution in [1.29, 1.82) is 0 Å². The smallest absolute Gasteiger partial charge is 0.353 e. The summed E-state index contributed by atoms with van der Waals surface area (Å²) in [5.41, 5.74) is -1.17. The second-order valence-electron chi connectivity index (χ2n) is 8.18. The van der Waals surface area contributed by atoms with Crippen molar-refractivity contribution in [1.82, 2.24) is 10.0 Å². The summed E-state index contributed by atoms with van der Waals surface area (Å²) in [6, 6.07) is 6.19.